The van der Waals surface area contributed by atoms with Crippen molar-refractivity contribution in [3.05, 3.63) is 21.4 Å². The Hall–Kier alpha value is -1.44. The van der Waals surface area contributed by atoms with Gasteiger partial charge >= 0.3 is 0 Å². The summed E-state index contributed by atoms with van der Waals surface area (Å²) in [7, 11) is 3.51. The maximum absolute atomic E-state index is 12.4. The first-order chi connectivity index (χ1) is 12.0. The molecular weight excluding hydrogens is 340 g/mol. The van der Waals surface area contributed by atoms with E-state index in [1.807, 2.05) is 11.0 Å². The van der Waals surface area contributed by atoms with Crippen LogP contribution in [0.15, 0.2) is 6.07 Å². The van der Waals surface area contributed by atoms with Crippen LogP contribution < -0.4 is 0 Å². The fraction of sp³-hybridized carbons (Fsp3) is 0.667. The fourth-order valence-corrected chi connectivity index (χ4v) is 4.36. The molecule has 138 valence electrons. The molecule has 25 heavy (non-hydrogen) atoms. The molecule has 0 aromatic carbocycles. The van der Waals surface area contributed by atoms with E-state index in [1.165, 1.54) is 11.3 Å². The minimum absolute atomic E-state index is 0.00754. The van der Waals surface area contributed by atoms with E-state index < -0.39 is 0 Å². The first-order valence-electron chi connectivity index (χ1n) is 8.85. The SMILES string of the molecule is CN(C)C(=O)c1cc2c(s1)CCN(C(=O)COCC1CCCCO1)C2. The zero-order chi connectivity index (χ0) is 17.8. The van der Waals surface area contributed by atoms with Gasteiger partial charge in [-0.15, -0.1) is 11.3 Å². The molecule has 0 aliphatic carbocycles. The van der Waals surface area contributed by atoms with Gasteiger partial charge in [-0.2, -0.15) is 0 Å². The standard InChI is InChI=1S/C18H26N2O4S/c1-19(2)18(22)16-9-13-10-20(7-6-15(13)25-16)17(21)12-23-11-14-5-3-4-8-24-14/h9,14H,3-8,10-12H2,1-2H3. The summed E-state index contributed by atoms with van der Waals surface area (Å²) in [6.45, 7) is 2.64. The maximum Gasteiger partial charge on any atom is 0.263 e. The van der Waals surface area contributed by atoms with Gasteiger partial charge in [0.15, 0.2) is 0 Å². The summed E-state index contributed by atoms with van der Waals surface area (Å²) in [4.78, 5) is 29.8. The zero-order valence-electron chi connectivity index (χ0n) is 15.0. The van der Waals surface area contributed by atoms with Crippen molar-refractivity contribution in [2.75, 3.05) is 40.5 Å². The van der Waals surface area contributed by atoms with Gasteiger partial charge < -0.3 is 19.3 Å². The molecule has 2 amide bonds. The first kappa shape index (κ1) is 18.4. The molecule has 0 saturated carbocycles. The number of ether oxygens (including phenoxy) is 2. The van der Waals surface area contributed by atoms with Crippen molar-refractivity contribution in [2.24, 2.45) is 0 Å². The Balaban J connectivity index is 1.49. The van der Waals surface area contributed by atoms with Crippen LogP contribution >= 0.6 is 11.3 Å². The Morgan fingerprint density at radius 3 is 2.96 bits per heavy atom. The molecule has 0 bridgehead atoms. The van der Waals surface area contributed by atoms with Gasteiger partial charge in [-0.25, -0.2) is 0 Å². The Kier molecular flexibility index (Phi) is 6.09. The lowest BCUT2D eigenvalue weighted by Gasteiger charge is -2.27. The van der Waals surface area contributed by atoms with Crippen molar-refractivity contribution in [1.29, 1.82) is 0 Å². The molecule has 6 nitrogen and oxygen atoms in total. The van der Waals surface area contributed by atoms with E-state index in [4.69, 9.17) is 9.47 Å². The van der Waals surface area contributed by atoms with Crippen LogP contribution in [0.5, 0.6) is 0 Å². The fourth-order valence-electron chi connectivity index (χ4n) is 3.18. The lowest BCUT2D eigenvalue weighted by atomic mass is 10.1. The van der Waals surface area contributed by atoms with Gasteiger partial charge in [0.25, 0.3) is 5.91 Å². The van der Waals surface area contributed by atoms with Gasteiger partial charge in [-0.1, -0.05) is 0 Å². The van der Waals surface area contributed by atoms with Gasteiger partial charge in [0, 0.05) is 38.7 Å². The summed E-state index contributed by atoms with van der Waals surface area (Å²) in [5.74, 6) is 0.0289. The summed E-state index contributed by atoms with van der Waals surface area (Å²) >= 11 is 1.55. The number of thiophene rings is 1. The molecule has 1 saturated heterocycles. The van der Waals surface area contributed by atoms with Crippen molar-refractivity contribution in [2.45, 2.75) is 38.3 Å². The second kappa shape index (κ2) is 8.29. The smallest absolute Gasteiger partial charge is 0.263 e. The molecule has 1 unspecified atom stereocenters. The monoisotopic (exact) mass is 366 g/mol. The van der Waals surface area contributed by atoms with Crippen LogP contribution in [0.2, 0.25) is 0 Å². The largest absolute Gasteiger partial charge is 0.376 e. The normalized spacial score (nSPS) is 20.2. The van der Waals surface area contributed by atoms with E-state index in [1.54, 1.807) is 30.3 Å². The number of rotatable bonds is 5. The zero-order valence-corrected chi connectivity index (χ0v) is 15.8. The van der Waals surface area contributed by atoms with E-state index in [0.717, 1.165) is 36.3 Å². The quantitative estimate of drug-likeness (QED) is 0.799. The Labute approximate surface area is 152 Å². The second-order valence-electron chi connectivity index (χ2n) is 6.83. The van der Waals surface area contributed by atoms with Crippen LogP contribution in [0.3, 0.4) is 0 Å². The van der Waals surface area contributed by atoms with E-state index in [-0.39, 0.29) is 24.5 Å². The third-order valence-electron chi connectivity index (χ3n) is 4.64. The summed E-state index contributed by atoms with van der Waals surface area (Å²) in [6.07, 6.45) is 4.23. The molecule has 0 spiro atoms. The summed E-state index contributed by atoms with van der Waals surface area (Å²) < 4.78 is 11.2. The van der Waals surface area contributed by atoms with Crippen LogP contribution in [-0.2, 0) is 27.2 Å². The molecule has 3 heterocycles. The molecule has 0 N–H and O–H groups in total. The van der Waals surface area contributed by atoms with Crippen LogP contribution in [0.1, 0.15) is 39.4 Å². The van der Waals surface area contributed by atoms with E-state index in [2.05, 4.69) is 0 Å². The topological polar surface area (TPSA) is 59.1 Å². The Morgan fingerprint density at radius 2 is 2.24 bits per heavy atom. The van der Waals surface area contributed by atoms with Crippen molar-refractivity contribution in [3.63, 3.8) is 0 Å². The van der Waals surface area contributed by atoms with Gasteiger partial charge in [0.1, 0.15) is 6.61 Å². The summed E-state index contributed by atoms with van der Waals surface area (Å²) in [5, 5.41) is 0. The van der Waals surface area contributed by atoms with Gasteiger partial charge in [-0.3, -0.25) is 9.59 Å². The molecule has 3 rings (SSSR count). The number of nitrogens with zero attached hydrogens (tertiary/aromatic N) is 2. The molecule has 1 aromatic heterocycles. The van der Waals surface area contributed by atoms with Crippen LogP contribution in [0, 0.1) is 0 Å². The van der Waals surface area contributed by atoms with E-state index >= 15 is 0 Å². The summed E-state index contributed by atoms with van der Waals surface area (Å²) in [6, 6.07) is 1.93. The van der Waals surface area contributed by atoms with Crippen LogP contribution in [0.4, 0.5) is 0 Å². The first-order valence-corrected chi connectivity index (χ1v) is 9.66. The number of carbonyl (C=O) groups is 2. The van der Waals surface area contributed by atoms with Gasteiger partial charge in [-0.05, 0) is 37.3 Å². The minimum Gasteiger partial charge on any atom is -0.376 e. The molecular formula is C18H26N2O4S. The third-order valence-corrected chi connectivity index (χ3v) is 5.86. The predicted molar refractivity (Wildman–Crippen MR) is 95.9 cm³/mol. The lowest BCUT2D eigenvalue weighted by molar-refractivity contribution is -0.139. The van der Waals surface area contributed by atoms with E-state index in [9.17, 15) is 9.59 Å². The Bertz CT molecular complexity index is 623. The summed E-state index contributed by atoms with van der Waals surface area (Å²) in [5.41, 5.74) is 1.09. The average molecular weight is 366 g/mol. The predicted octanol–water partition coefficient (Wildman–Crippen LogP) is 1.92. The number of fused-ring (bicyclic) bond motifs is 1. The van der Waals surface area contributed by atoms with E-state index in [0.29, 0.717) is 19.7 Å². The van der Waals surface area contributed by atoms with Gasteiger partial charge in [0.05, 0.1) is 17.6 Å². The maximum atomic E-state index is 12.4. The highest BCUT2D eigenvalue weighted by molar-refractivity contribution is 7.14. The molecule has 7 heteroatoms. The average Bonchev–Trinajstić information content (AvgIpc) is 3.04. The highest BCUT2D eigenvalue weighted by atomic mass is 32.1. The molecule has 1 aromatic rings. The van der Waals surface area contributed by atoms with Crippen LogP contribution in [-0.4, -0.2) is 68.2 Å². The number of carbonyl (C=O) groups excluding carboxylic acids is 2. The Morgan fingerprint density at radius 1 is 1.40 bits per heavy atom. The van der Waals surface area contributed by atoms with Crippen molar-refractivity contribution >= 4 is 23.2 Å². The number of hydrogen-bond donors (Lipinski definition) is 0. The lowest BCUT2D eigenvalue weighted by Crippen LogP contribution is -2.38. The number of amides is 2. The van der Waals surface area contributed by atoms with Crippen molar-refractivity contribution in [1.82, 2.24) is 9.80 Å². The highest BCUT2D eigenvalue weighted by Crippen LogP contribution is 2.28. The molecule has 1 fully saturated rings. The number of hydrogen-bond acceptors (Lipinski definition) is 5. The molecule has 1 atom stereocenters. The molecule has 2 aliphatic heterocycles. The molecule has 0 radical (unpaired) electrons. The highest BCUT2D eigenvalue weighted by Gasteiger charge is 2.25. The third kappa shape index (κ3) is 4.59. The minimum atomic E-state index is 0.00754. The van der Waals surface area contributed by atoms with Gasteiger partial charge in [0.2, 0.25) is 5.91 Å². The second-order valence-corrected chi connectivity index (χ2v) is 7.96. The molecule has 2 aliphatic rings. The van der Waals surface area contributed by atoms with Crippen LogP contribution in [0.25, 0.3) is 0 Å². The van der Waals surface area contributed by atoms with Crippen molar-refractivity contribution in [3.8, 4) is 0 Å². The van der Waals surface area contributed by atoms with Crippen molar-refractivity contribution < 1.29 is 19.1 Å².